The maximum atomic E-state index is 12.4. The van der Waals surface area contributed by atoms with Crippen LogP contribution in [-0.2, 0) is 4.79 Å². The van der Waals surface area contributed by atoms with E-state index < -0.39 is 0 Å². The maximum Gasteiger partial charge on any atom is 0.342 e. The van der Waals surface area contributed by atoms with Crippen LogP contribution in [-0.4, -0.2) is 47.4 Å². The van der Waals surface area contributed by atoms with Crippen LogP contribution >= 0.6 is 11.8 Å². The Hall–Kier alpha value is -4.31. The highest BCUT2D eigenvalue weighted by molar-refractivity contribution is 7.99. The molecule has 0 unspecified atom stereocenters. The lowest BCUT2D eigenvalue weighted by atomic mass is 10.2. The van der Waals surface area contributed by atoms with Crippen molar-refractivity contribution in [1.29, 1.82) is 0 Å². The van der Waals surface area contributed by atoms with Crippen LogP contribution in [0.4, 0.5) is 0 Å². The number of phenolic OH excluding ortho intramolecular Hbond substituents is 1. The number of hydrogen-bond acceptors (Lipinski definition) is 7. The summed E-state index contributed by atoms with van der Waals surface area (Å²) in [5, 5.41) is 21.8. The van der Waals surface area contributed by atoms with E-state index in [0.717, 1.165) is 17.1 Å². The number of nitrogens with one attached hydrogen (secondary N) is 2. The molecule has 1 heterocycles. The monoisotopic (exact) mass is 490 g/mol. The molecule has 1 aromatic heterocycles. The molecule has 0 bridgehead atoms. The Morgan fingerprint density at radius 1 is 1.09 bits per heavy atom. The fraction of sp³-hybridized carbons (Fsp3) is 0.120. The van der Waals surface area contributed by atoms with Crippen molar-refractivity contribution in [2.45, 2.75) is 5.16 Å². The standard InChI is InChI=1S/C25H23N5O4S/c1-33-21-13-12-17(14-22(21)34-2)24-28-29-25(30(24)19-9-4-3-5-10-19)35-16-23(32)27-26-15-18-8-6-7-11-20(18)31/h3-15H,16H2,1-2H3,(H2,26,27,31,32)/p+1. The number of aromatic amines is 1. The Balaban J connectivity index is 1.55. The van der Waals surface area contributed by atoms with E-state index in [1.807, 2.05) is 53.1 Å². The minimum Gasteiger partial charge on any atom is -0.507 e. The summed E-state index contributed by atoms with van der Waals surface area (Å²) in [6.45, 7) is 0. The van der Waals surface area contributed by atoms with Gasteiger partial charge in [0.15, 0.2) is 11.5 Å². The zero-order valence-electron chi connectivity index (χ0n) is 19.1. The molecular formula is C25H24N5O4S+. The van der Waals surface area contributed by atoms with E-state index in [1.165, 1.54) is 18.0 Å². The van der Waals surface area contributed by atoms with Crippen LogP contribution < -0.4 is 19.5 Å². The molecule has 0 spiro atoms. The van der Waals surface area contributed by atoms with Gasteiger partial charge < -0.3 is 14.6 Å². The van der Waals surface area contributed by atoms with Crippen LogP contribution in [0.25, 0.3) is 17.1 Å². The van der Waals surface area contributed by atoms with Crippen molar-refractivity contribution >= 4 is 23.9 Å². The topological polar surface area (TPSA) is 113 Å². The first-order valence-corrected chi connectivity index (χ1v) is 11.6. The number of aromatic nitrogens is 3. The largest absolute Gasteiger partial charge is 0.507 e. The molecule has 1 amide bonds. The first-order chi connectivity index (χ1) is 17.1. The number of carbonyl (C=O) groups excluding carboxylic acids is 1. The minimum absolute atomic E-state index is 0.0845. The predicted molar refractivity (Wildman–Crippen MR) is 133 cm³/mol. The zero-order valence-corrected chi connectivity index (χ0v) is 20.0. The fourth-order valence-corrected chi connectivity index (χ4v) is 4.08. The number of hydrogen-bond donors (Lipinski definition) is 3. The highest BCUT2D eigenvalue weighted by atomic mass is 32.2. The smallest absolute Gasteiger partial charge is 0.342 e. The molecule has 0 saturated heterocycles. The van der Waals surface area contributed by atoms with E-state index in [2.05, 4.69) is 20.7 Å². The third kappa shape index (κ3) is 5.61. The van der Waals surface area contributed by atoms with E-state index in [1.54, 1.807) is 38.5 Å². The molecule has 10 heteroatoms. The van der Waals surface area contributed by atoms with Crippen LogP contribution in [0.5, 0.6) is 17.2 Å². The first kappa shape index (κ1) is 23.8. The summed E-state index contributed by atoms with van der Waals surface area (Å²) in [4.78, 5) is 12.4. The zero-order chi connectivity index (χ0) is 24.6. The number of aromatic hydroxyl groups is 1. The van der Waals surface area contributed by atoms with Gasteiger partial charge in [-0.15, -0.1) is 5.10 Å². The number of benzene rings is 3. The summed E-state index contributed by atoms with van der Waals surface area (Å²) in [5.74, 6) is 1.80. The van der Waals surface area contributed by atoms with E-state index in [4.69, 9.17) is 9.47 Å². The minimum atomic E-state index is -0.308. The summed E-state index contributed by atoms with van der Waals surface area (Å²) >= 11 is 1.26. The summed E-state index contributed by atoms with van der Waals surface area (Å²) in [6, 6.07) is 22.0. The Labute approximate surface area is 206 Å². The third-order valence-corrected chi connectivity index (χ3v) is 5.94. The number of phenols is 1. The van der Waals surface area contributed by atoms with Crippen molar-refractivity contribution in [2.75, 3.05) is 20.0 Å². The van der Waals surface area contributed by atoms with Gasteiger partial charge in [0.05, 0.1) is 36.8 Å². The van der Waals surface area contributed by atoms with Gasteiger partial charge >= 0.3 is 5.16 Å². The van der Waals surface area contributed by atoms with E-state index in [9.17, 15) is 9.90 Å². The van der Waals surface area contributed by atoms with Gasteiger partial charge in [0.25, 0.3) is 11.7 Å². The number of nitrogens with zero attached hydrogens (tertiary/aromatic N) is 3. The number of para-hydroxylation sites is 2. The molecular weight excluding hydrogens is 466 g/mol. The molecule has 0 saturated carbocycles. The quantitative estimate of drug-likeness (QED) is 0.144. The molecule has 9 nitrogen and oxygen atoms in total. The van der Waals surface area contributed by atoms with E-state index in [-0.39, 0.29) is 17.4 Å². The Bertz CT molecular complexity index is 1340. The van der Waals surface area contributed by atoms with Gasteiger partial charge in [-0.2, -0.15) is 9.67 Å². The lowest BCUT2D eigenvalue weighted by Crippen LogP contribution is -2.34. The summed E-state index contributed by atoms with van der Waals surface area (Å²) in [6.07, 6.45) is 1.39. The lowest BCUT2D eigenvalue weighted by Gasteiger charge is -2.09. The second-order valence-electron chi connectivity index (χ2n) is 7.24. The molecule has 0 aliphatic rings. The average Bonchev–Trinajstić information content (AvgIpc) is 3.32. The van der Waals surface area contributed by atoms with Crippen molar-refractivity contribution in [2.24, 2.45) is 5.10 Å². The first-order valence-electron chi connectivity index (χ1n) is 10.6. The van der Waals surface area contributed by atoms with E-state index in [0.29, 0.717) is 22.2 Å². The second-order valence-corrected chi connectivity index (χ2v) is 8.18. The van der Waals surface area contributed by atoms with Crippen LogP contribution in [0.1, 0.15) is 5.56 Å². The van der Waals surface area contributed by atoms with Crippen molar-refractivity contribution in [3.8, 4) is 34.3 Å². The normalized spacial score (nSPS) is 10.9. The van der Waals surface area contributed by atoms with Crippen LogP contribution in [0.15, 0.2) is 83.1 Å². The molecule has 4 aromatic rings. The number of ether oxygens (including phenoxy) is 2. The fourth-order valence-electron chi connectivity index (χ4n) is 3.32. The van der Waals surface area contributed by atoms with Crippen LogP contribution in [0.2, 0.25) is 0 Å². The van der Waals surface area contributed by atoms with Crippen molar-refractivity contribution in [3.05, 3.63) is 78.4 Å². The SMILES string of the molecule is COc1ccc(-c2[nH]nc(SCC(=O)N/N=C\c3ccccc3O)[n+]2-c2ccccc2)cc1OC. The molecule has 0 radical (unpaired) electrons. The summed E-state index contributed by atoms with van der Waals surface area (Å²) in [5.41, 5.74) is 4.70. The Morgan fingerprint density at radius 2 is 1.83 bits per heavy atom. The van der Waals surface area contributed by atoms with Crippen molar-refractivity contribution in [1.82, 2.24) is 15.6 Å². The van der Waals surface area contributed by atoms with Gasteiger partial charge in [0, 0.05) is 5.56 Å². The Morgan fingerprint density at radius 3 is 2.57 bits per heavy atom. The number of carbonyl (C=O) groups is 1. The molecule has 0 aliphatic carbocycles. The molecule has 0 fully saturated rings. The van der Waals surface area contributed by atoms with Gasteiger partial charge in [-0.1, -0.05) is 30.3 Å². The number of rotatable bonds is 9. The molecule has 0 aliphatic heterocycles. The average molecular weight is 491 g/mol. The number of thioether (sulfide) groups is 1. The van der Waals surface area contributed by atoms with Gasteiger partial charge in [0.1, 0.15) is 11.4 Å². The van der Waals surface area contributed by atoms with Crippen LogP contribution in [0.3, 0.4) is 0 Å². The molecule has 3 aromatic carbocycles. The third-order valence-electron chi connectivity index (χ3n) is 5.01. The Kier molecular flexibility index (Phi) is 7.63. The molecule has 178 valence electrons. The summed E-state index contributed by atoms with van der Waals surface area (Å²) < 4.78 is 12.7. The summed E-state index contributed by atoms with van der Waals surface area (Å²) in [7, 11) is 3.17. The van der Waals surface area contributed by atoms with Crippen LogP contribution in [0, 0.1) is 0 Å². The number of hydrazone groups is 1. The van der Waals surface area contributed by atoms with Gasteiger partial charge in [-0.05, 0) is 54.2 Å². The van der Waals surface area contributed by atoms with Gasteiger partial charge in [-0.25, -0.2) is 5.43 Å². The second kappa shape index (κ2) is 11.2. The molecule has 4 rings (SSSR count). The number of H-pyrrole nitrogens is 1. The van der Waals surface area contributed by atoms with Crippen molar-refractivity contribution < 1.29 is 23.9 Å². The molecule has 35 heavy (non-hydrogen) atoms. The molecule has 0 atom stereocenters. The van der Waals surface area contributed by atoms with Gasteiger partial charge in [0.2, 0.25) is 0 Å². The highest BCUT2D eigenvalue weighted by Crippen LogP contribution is 2.31. The van der Waals surface area contributed by atoms with Gasteiger partial charge in [-0.3, -0.25) is 4.79 Å². The lowest BCUT2D eigenvalue weighted by molar-refractivity contribution is -0.625. The van der Waals surface area contributed by atoms with E-state index >= 15 is 0 Å². The maximum absolute atomic E-state index is 12.4. The van der Waals surface area contributed by atoms with Crippen molar-refractivity contribution in [3.63, 3.8) is 0 Å². The number of amides is 1. The number of methoxy groups -OCH3 is 2. The predicted octanol–water partition coefficient (Wildman–Crippen LogP) is 3.32. The molecule has 3 N–H and O–H groups in total. The highest BCUT2D eigenvalue weighted by Gasteiger charge is 2.25.